The second kappa shape index (κ2) is 6.40. The van der Waals surface area contributed by atoms with Crippen molar-refractivity contribution in [3.05, 3.63) is 29.3 Å². The first-order chi connectivity index (χ1) is 9.06. The average Bonchev–Trinajstić information content (AvgIpc) is 2.37. The Balaban J connectivity index is 1.87. The number of nitrogen functional groups attached to an aromatic ring is 1. The predicted molar refractivity (Wildman–Crippen MR) is 82.1 cm³/mol. The van der Waals surface area contributed by atoms with Crippen molar-refractivity contribution in [2.45, 2.75) is 27.3 Å². The van der Waals surface area contributed by atoms with Crippen molar-refractivity contribution in [3.63, 3.8) is 0 Å². The maximum absolute atomic E-state index is 5.98. The molecule has 0 unspecified atom stereocenters. The molecule has 106 valence electrons. The Hall–Kier alpha value is -1.06. The largest absolute Gasteiger partial charge is 0.399 e. The summed E-state index contributed by atoms with van der Waals surface area (Å²) in [5.74, 6) is 0.766. The second-order valence-corrected chi connectivity index (χ2v) is 6.10. The third kappa shape index (κ3) is 3.95. The Kier molecular flexibility index (Phi) is 4.83. The lowest BCUT2D eigenvalue weighted by Crippen LogP contribution is -2.46. The summed E-state index contributed by atoms with van der Waals surface area (Å²) in [6.07, 6.45) is 0. The molecule has 1 heterocycles. The van der Waals surface area contributed by atoms with Gasteiger partial charge in [0.2, 0.25) is 0 Å². The second-order valence-electron chi connectivity index (χ2n) is 6.10. The van der Waals surface area contributed by atoms with E-state index >= 15 is 0 Å². The molecule has 0 bridgehead atoms. The van der Waals surface area contributed by atoms with Gasteiger partial charge >= 0.3 is 0 Å². The standard InChI is InChI=1S/C16H27N3/c1-13(2)11-18-7-9-19(10-8-18)12-15-5-4-6-16(17)14(15)3/h4-6,13H,7-12,17H2,1-3H3. The summed E-state index contributed by atoms with van der Waals surface area (Å²) in [7, 11) is 0. The maximum Gasteiger partial charge on any atom is 0.0346 e. The summed E-state index contributed by atoms with van der Waals surface area (Å²) in [6, 6.07) is 6.25. The summed E-state index contributed by atoms with van der Waals surface area (Å²) in [6.45, 7) is 13.7. The number of nitrogens with zero attached hydrogens (tertiary/aromatic N) is 2. The summed E-state index contributed by atoms with van der Waals surface area (Å²) in [4.78, 5) is 5.12. The zero-order valence-electron chi connectivity index (χ0n) is 12.5. The number of anilines is 1. The highest BCUT2D eigenvalue weighted by molar-refractivity contribution is 5.49. The van der Waals surface area contributed by atoms with Crippen molar-refractivity contribution in [2.24, 2.45) is 5.92 Å². The minimum absolute atomic E-state index is 0.766. The molecule has 1 aromatic carbocycles. The zero-order valence-corrected chi connectivity index (χ0v) is 12.5. The summed E-state index contributed by atoms with van der Waals surface area (Å²) in [5, 5.41) is 0. The van der Waals surface area contributed by atoms with E-state index in [1.807, 2.05) is 6.07 Å². The number of hydrogen-bond donors (Lipinski definition) is 1. The van der Waals surface area contributed by atoms with Crippen molar-refractivity contribution >= 4 is 5.69 Å². The van der Waals surface area contributed by atoms with E-state index in [4.69, 9.17) is 5.73 Å². The number of benzene rings is 1. The molecule has 0 atom stereocenters. The molecule has 1 saturated heterocycles. The molecule has 3 nitrogen and oxygen atoms in total. The highest BCUT2D eigenvalue weighted by atomic mass is 15.3. The molecule has 19 heavy (non-hydrogen) atoms. The number of hydrogen-bond acceptors (Lipinski definition) is 3. The molecule has 0 saturated carbocycles. The van der Waals surface area contributed by atoms with Crippen LogP contribution in [-0.2, 0) is 6.54 Å². The molecule has 0 aliphatic carbocycles. The SMILES string of the molecule is Cc1c(N)cccc1CN1CCN(CC(C)C)CC1. The fourth-order valence-electron chi connectivity index (χ4n) is 2.76. The van der Waals surface area contributed by atoms with Gasteiger partial charge in [0, 0.05) is 45.0 Å². The fourth-order valence-corrected chi connectivity index (χ4v) is 2.76. The van der Waals surface area contributed by atoms with E-state index in [-0.39, 0.29) is 0 Å². The van der Waals surface area contributed by atoms with Gasteiger partial charge in [-0.15, -0.1) is 0 Å². The first-order valence-corrected chi connectivity index (χ1v) is 7.35. The normalized spacial score (nSPS) is 18.1. The molecule has 0 amide bonds. The van der Waals surface area contributed by atoms with Gasteiger partial charge in [0.15, 0.2) is 0 Å². The fraction of sp³-hybridized carbons (Fsp3) is 0.625. The molecule has 0 spiro atoms. The average molecular weight is 261 g/mol. The number of rotatable bonds is 4. The molecule has 1 aliphatic heterocycles. The Bertz CT molecular complexity index is 406. The lowest BCUT2D eigenvalue weighted by atomic mass is 10.1. The van der Waals surface area contributed by atoms with E-state index in [0.717, 1.165) is 18.2 Å². The van der Waals surface area contributed by atoms with Crippen LogP contribution in [0.5, 0.6) is 0 Å². The summed E-state index contributed by atoms with van der Waals surface area (Å²) < 4.78 is 0. The lowest BCUT2D eigenvalue weighted by Gasteiger charge is -2.35. The zero-order chi connectivity index (χ0) is 13.8. The quantitative estimate of drug-likeness (QED) is 0.845. The molecular formula is C16H27N3. The maximum atomic E-state index is 5.98. The van der Waals surface area contributed by atoms with Crippen LogP contribution in [0.1, 0.15) is 25.0 Å². The topological polar surface area (TPSA) is 32.5 Å². The van der Waals surface area contributed by atoms with Crippen LogP contribution in [0.15, 0.2) is 18.2 Å². The Morgan fingerprint density at radius 1 is 1.11 bits per heavy atom. The van der Waals surface area contributed by atoms with Gasteiger partial charge < -0.3 is 10.6 Å². The highest BCUT2D eigenvalue weighted by Gasteiger charge is 2.18. The van der Waals surface area contributed by atoms with Crippen LogP contribution in [0.3, 0.4) is 0 Å². The Labute approximate surface area is 117 Å². The van der Waals surface area contributed by atoms with Gasteiger partial charge in [0.25, 0.3) is 0 Å². The van der Waals surface area contributed by atoms with E-state index in [9.17, 15) is 0 Å². The van der Waals surface area contributed by atoms with Gasteiger partial charge in [0.1, 0.15) is 0 Å². The molecule has 1 fully saturated rings. The van der Waals surface area contributed by atoms with Crippen LogP contribution in [0.25, 0.3) is 0 Å². The van der Waals surface area contributed by atoms with E-state index < -0.39 is 0 Å². The third-order valence-corrected chi connectivity index (χ3v) is 3.97. The molecule has 1 aromatic rings. The van der Waals surface area contributed by atoms with Gasteiger partial charge in [-0.3, -0.25) is 4.90 Å². The van der Waals surface area contributed by atoms with E-state index in [1.54, 1.807) is 0 Å². The molecule has 2 N–H and O–H groups in total. The van der Waals surface area contributed by atoms with Gasteiger partial charge in [-0.25, -0.2) is 0 Å². The van der Waals surface area contributed by atoms with Crippen LogP contribution in [0, 0.1) is 12.8 Å². The van der Waals surface area contributed by atoms with E-state index in [2.05, 4.69) is 42.7 Å². The Morgan fingerprint density at radius 2 is 1.74 bits per heavy atom. The molecule has 0 aromatic heterocycles. The van der Waals surface area contributed by atoms with Gasteiger partial charge in [-0.05, 0) is 30.0 Å². The summed E-state index contributed by atoms with van der Waals surface area (Å²) >= 11 is 0. The third-order valence-electron chi connectivity index (χ3n) is 3.97. The first kappa shape index (κ1) is 14.4. The molecule has 1 aliphatic rings. The van der Waals surface area contributed by atoms with Crippen molar-refractivity contribution in [3.8, 4) is 0 Å². The van der Waals surface area contributed by atoms with Crippen LogP contribution in [-0.4, -0.2) is 42.5 Å². The molecule has 2 rings (SSSR count). The van der Waals surface area contributed by atoms with Crippen LogP contribution in [0.4, 0.5) is 5.69 Å². The summed E-state index contributed by atoms with van der Waals surface area (Å²) in [5.41, 5.74) is 9.50. The number of piperazine rings is 1. The van der Waals surface area contributed by atoms with Crippen molar-refractivity contribution < 1.29 is 0 Å². The van der Waals surface area contributed by atoms with Crippen LogP contribution in [0.2, 0.25) is 0 Å². The van der Waals surface area contributed by atoms with Gasteiger partial charge in [0.05, 0.1) is 0 Å². The van der Waals surface area contributed by atoms with E-state index in [0.29, 0.717) is 0 Å². The predicted octanol–water partition coefficient (Wildman–Crippen LogP) is 2.35. The molecule has 3 heteroatoms. The van der Waals surface area contributed by atoms with E-state index in [1.165, 1.54) is 43.9 Å². The van der Waals surface area contributed by atoms with Crippen molar-refractivity contribution in [1.29, 1.82) is 0 Å². The smallest absolute Gasteiger partial charge is 0.0346 e. The Morgan fingerprint density at radius 3 is 2.37 bits per heavy atom. The molecular weight excluding hydrogens is 234 g/mol. The van der Waals surface area contributed by atoms with Crippen molar-refractivity contribution in [1.82, 2.24) is 9.80 Å². The first-order valence-electron chi connectivity index (χ1n) is 7.35. The lowest BCUT2D eigenvalue weighted by molar-refractivity contribution is 0.117. The van der Waals surface area contributed by atoms with Crippen LogP contribution >= 0.6 is 0 Å². The van der Waals surface area contributed by atoms with Gasteiger partial charge in [-0.2, -0.15) is 0 Å². The molecule has 0 radical (unpaired) electrons. The highest BCUT2D eigenvalue weighted by Crippen LogP contribution is 2.18. The van der Waals surface area contributed by atoms with Gasteiger partial charge in [-0.1, -0.05) is 26.0 Å². The number of nitrogens with two attached hydrogens (primary N) is 1. The van der Waals surface area contributed by atoms with Crippen molar-refractivity contribution in [2.75, 3.05) is 38.5 Å². The minimum atomic E-state index is 0.766. The van der Waals surface area contributed by atoms with Crippen LogP contribution < -0.4 is 5.73 Å². The monoisotopic (exact) mass is 261 g/mol. The minimum Gasteiger partial charge on any atom is -0.399 e.